The van der Waals surface area contributed by atoms with Gasteiger partial charge in [-0.25, -0.2) is 0 Å². The Morgan fingerprint density at radius 3 is 2.79 bits per heavy atom. The Hall–Kier alpha value is -1.62. The van der Waals surface area contributed by atoms with Crippen LogP contribution in [0.1, 0.15) is 44.3 Å². The molecule has 1 heterocycles. The summed E-state index contributed by atoms with van der Waals surface area (Å²) in [6, 6.07) is 3.54. The maximum absolute atomic E-state index is 9.89. The largest absolute Gasteiger partial charge is 0.386 e. The summed E-state index contributed by atoms with van der Waals surface area (Å²) in [6.07, 6.45) is 7.44. The van der Waals surface area contributed by atoms with E-state index in [1.54, 1.807) is 24.5 Å². The fourth-order valence-electron chi connectivity index (χ4n) is 1.70. The molecule has 1 atom stereocenters. The molecule has 4 N–H and O–H groups in total. The van der Waals surface area contributed by atoms with E-state index in [0.717, 1.165) is 18.5 Å². The van der Waals surface area contributed by atoms with E-state index in [-0.39, 0.29) is 6.54 Å². The van der Waals surface area contributed by atoms with E-state index in [2.05, 4.69) is 22.2 Å². The number of aromatic nitrogens is 1. The molecule has 0 radical (unpaired) electrons. The van der Waals surface area contributed by atoms with Crippen LogP contribution in [0.2, 0.25) is 0 Å². The molecule has 0 saturated carbocycles. The molecule has 1 aromatic heterocycles. The highest BCUT2D eigenvalue weighted by molar-refractivity contribution is 5.77. The van der Waals surface area contributed by atoms with Crippen LogP contribution in [-0.4, -0.2) is 29.1 Å². The molecule has 0 amide bonds. The first-order valence-electron chi connectivity index (χ1n) is 6.85. The number of nitrogens with one attached hydrogen (secondary N) is 1. The summed E-state index contributed by atoms with van der Waals surface area (Å²) in [5.41, 5.74) is 6.53. The second-order valence-corrected chi connectivity index (χ2v) is 4.51. The maximum Gasteiger partial charge on any atom is 0.188 e. The summed E-state index contributed by atoms with van der Waals surface area (Å²) in [5.74, 6) is 0.393. The number of aliphatic hydroxyl groups is 1. The second-order valence-electron chi connectivity index (χ2n) is 4.51. The molecule has 1 rings (SSSR count). The lowest BCUT2D eigenvalue weighted by atomic mass is 10.1. The fourth-order valence-corrected chi connectivity index (χ4v) is 1.70. The van der Waals surface area contributed by atoms with Gasteiger partial charge in [0.15, 0.2) is 5.96 Å². The van der Waals surface area contributed by atoms with Crippen LogP contribution < -0.4 is 11.1 Å². The Bertz CT molecular complexity index is 367. The van der Waals surface area contributed by atoms with Crippen LogP contribution in [0.25, 0.3) is 0 Å². The number of nitrogens with zero attached hydrogens (tertiary/aromatic N) is 2. The van der Waals surface area contributed by atoms with Crippen molar-refractivity contribution in [1.82, 2.24) is 10.3 Å². The lowest BCUT2D eigenvalue weighted by Crippen LogP contribution is -2.32. The maximum atomic E-state index is 9.89. The summed E-state index contributed by atoms with van der Waals surface area (Å²) in [7, 11) is 0. The highest BCUT2D eigenvalue weighted by Crippen LogP contribution is 2.10. The van der Waals surface area contributed by atoms with E-state index >= 15 is 0 Å². The van der Waals surface area contributed by atoms with Gasteiger partial charge in [0.1, 0.15) is 0 Å². The molecule has 1 unspecified atom stereocenters. The standard InChI is InChI=1S/C14H24N4O/c1-2-3-4-5-8-17-14(15)18-11-13(19)12-6-9-16-10-7-12/h6-7,9-10,13,19H,2-5,8,11H2,1H3,(H3,15,17,18). The van der Waals surface area contributed by atoms with Crippen LogP contribution in [0.5, 0.6) is 0 Å². The van der Waals surface area contributed by atoms with Gasteiger partial charge in [-0.3, -0.25) is 9.98 Å². The van der Waals surface area contributed by atoms with Crippen LogP contribution in [0.15, 0.2) is 29.5 Å². The molecule has 0 aliphatic heterocycles. The van der Waals surface area contributed by atoms with Crippen molar-refractivity contribution in [3.63, 3.8) is 0 Å². The van der Waals surface area contributed by atoms with E-state index in [0.29, 0.717) is 5.96 Å². The summed E-state index contributed by atoms with van der Waals surface area (Å²) in [4.78, 5) is 8.04. The fraction of sp³-hybridized carbons (Fsp3) is 0.571. The van der Waals surface area contributed by atoms with Gasteiger partial charge in [0, 0.05) is 18.9 Å². The first-order valence-corrected chi connectivity index (χ1v) is 6.85. The molecule has 0 aromatic carbocycles. The Morgan fingerprint density at radius 1 is 1.37 bits per heavy atom. The van der Waals surface area contributed by atoms with Gasteiger partial charge in [-0.05, 0) is 24.1 Å². The van der Waals surface area contributed by atoms with Crippen molar-refractivity contribution in [3.8, 4) is 0 Å². The number of rotatable bonds is 8. The van der Waals surface area contributed by atoms with Gasteiger partial charge in [0.25, 0.3) is 0 Å². The van der Waals surface area contributed by atoms with Crippen molar-refractivity contribution in [2.24, 2.45) is 10.7 Å². The minimum Gasteiger partial charge on any atom is -0.386 e. The van der Waals surface area contributed by atoms with Crippen LogP contribution in [0, 0.1) is 0 Å². The number of pyridine rings is 1. The minimum absolute atomic E-state index is 0.262. The van der Waals surface area contributed by atoms with Crippen molar-refractivity contribution in [1.29, 1.82) is 0 Å². The zero-order chi connectivity index (χ0) is 13.9. The van der Waals surface area contributed by atoms with E-state index in [1.165, 1.54) is 19.3 Å². The molecular weight excluding hydrogens is 240 g/mol. The average molecular weight is 264 g/mol. The third-order valence-corrected chi connectivity index (χ3v) is 2.86. The van der Waals surface area contributed by atoms with Crippen LogP contribution in [-0.2, 0) is 0 Å². The van der Waals surface area contributed by atoms with Crippen LogP contribution >= 0.6 is 0 Å². The Morgan fingerprint density at radius 2 is 2.11 bits per heavy atom. The van der Waals surface area contributed by atoms with E-state index in [9.17, 15) is 5.11 Å². The SMILES string of the molecule is CCCCCCNC(N)=NCC(O)c1ccncc1. The zero-order valence-corrected chi connectivity index (χ0v) is 11.5. The molecule has 0 spiro atoms. The average Bonchev–Trinajstić information content (AvgIpc) is 2.45. The number of hydrogen-bond acceptors (Lipinski definition) is 3. The molecule has 5 heteroatoms. The molecule has 5 nitrogen and oxygen atoms in total. The predicted molar refractivity (Wildman–Crippen MR) is 77.8 cm³/mol. The van der Waals surface area contributed by atoms with E-state index < -0.39 is 6.10 Å². The number of aliphatic hydroxyl groups excluding tert-OH is 1. The first kappa shape index (κ1) is 15.4. The van der Waals surface area contributed by atoms with Gasteiger partial charge < -0.3 is 16.2 Å². The lowest BCUT2D eigenvalue weighted by molar-refractivity contribution is 0.187. The van der Waals surface area contributed by atoms with E-state index in [4.69, 9.17) is 5.73 Å². The summed E-state index contributed by atoms with van der Waals surface area (Å²) in [6.45, 7) is 3.28. The lowest BCUT2D eigenvalue weighted by Gasteiger charge is -2.09. The second kappa shape index (κ2) is 9.33. The van der Waals surface area contributed by atoms with Gasteiger partial charge in [-0.2, -0.15) is 0 Å². The van der Waals surface area contributed by atoms with E-state index in [1.807, 2.05) is 0 Å². The number of unbranched alkanes of at least 4 members (excludes halogenated alkanes) is 3. The van der Waals surface area contributed by atoms with Crippen molar-refractivity contribution in [2.45, 2.75) is 38.7 Å². The first-order chi connectivity index (χ1) is 9.24. The van der Waals surface area contributed by atoms with Crippen LogP contribution in [0.4, 0.5) is 0 Å². The third kappa shape index (κ3) is 6.76. The molecule has 0 aliphatic rings. The molecule has 0 saturated heterocycles. The molecule has 19 heavy (non-hydrogen) atoms. The molecule has 0 fully saturated rings. The third-order valence-electron chi connectivity index (χ3n) is 2.86. The quantitative estimate of drug-likeness (QED) is 0.378. The molecule has 106 valence electrons. The van der Waals surface area contributed by atoms with Crippen molar-refractivity contribution in [3.05, 3.63) is 30.1 Å². The van der Waals surface area contributed by atoms with Gasteiger partial charge in [0.05, 0.1) is 12.6 Å². The smallest absolute Gasteiger partial charge is 0.188 e. The minimum atomic E-state index is -0.636. The molecule has 1 aromatic rings. The predicted octanol–water partition coefficient (Wildman–Crippen LogP) is 1.60. The number of nitrogens with two attached hydrogens (primary N) is 1. The van der Waals surface area contributed by atoms with Gasteiger partial charge in [0.2, 0.25) is 0 Å². The molecule has 0 bridgehead atoms. The Kier molecular flexibility index (Phi) is 7.58. The Labute approximate surface area is 115 Å². The number of guanidine groups is 1. The topological polar surface area (TPSA) is 83.5 Å². The zero-order valence-electron chi connectivity index (χ0n) is 11.5. The normalized spacial score (nSPS) is 13.3. The number of hydrogen-bond donors (Lipinski definition) is 3. The summed E-state index contributed by atoms with van der Waals surface area (Å²) >= 11 is 0. The monoisotopic (exact) mass is 264 g/mol. The molecule has 0 aliphatic carbocycles. The van der Waals surface area contributed by atoms with Crippen LogP contribution in [0.3, 0.4) is 0 Å². The van der Waals surface area contributed by atoms with Crippen molar-refractivity contribution < 1.29 is 5.11 Å². The number of aliphatic imine (C=N–C) groups is 1. The molecular formula is C14H24N4O. The summed E-state index contributed by atoms with van der Waals surface area (Å²) < 4.78 is 0. The van der Waals surface area contributed by atoms with Gasteiger partial charge >= 0.3 is 0 Å². The Balaban J connectivity index is 2.23. The highest BCUT2D eigenvalue weighted by atomic mass is 16.3. The van der Waals surface area contributed by atoms with Gasteiger partial charge in [-0.15, -0.1) is 0 Å². The van der Waals surface area contributed by atoms with Crippen molar-refractivity contribution >= 4 is 5.96 Å². The highest BCUT2D eigenvalue weighted by Gasteiger charge is 2.05. The van der Waals surface area contributed by atoms with Gasteiger partial charge in [-0.1, -0.05) is 26.2 Å². The van der Waals surface area contributed by atoms with Crippen molar-refractivity contribution in [2.75, 3.05) is 13.1 Å². The summed E-state index contributed by atoms with van der Waals surface area (Å²) in [5, 5.41) is 12.9.